The summed E-state index contributed by atoms with van der Waals surface area (Å²) in [4.78, 5) is 30.0. The first-order valence-corrected chi connectivity index (χ1v) is 10.9. The third-order valence-electron chi connectivity index (χ3n) is 5.04. The summed E-state index contributed by atoms with van der Waals surface area (Å²) in [6, 6.07) is 16.9. The molecule has 2 heterocycles. The fourth-order valence-electron chi connectivity index (χ4n) is 3.15. The van der Waals surface area contributed by atoms with E-state index in [0.717, 1.165) is 16.1 Å². The van der Waals surface area contributed by atoms with Crippen LogP contribution in [0.25, 0.3) is 15.5 Å². The van der Waals surface area contributed by atoms with Gasteiger partial charge in [-0.25, -0.2) is 4.98 Å². The van der Waals surface area contributed by atoms with Crippen LogP contribution in [0.5, 0.6) is 0 Å². The van der Waals surface area contributed by atoms with E-state index in [4.69, 9.17) is 0 Å². The summed E-state index contributed by atoms with van der Waals surface area (Å²) in [5.41, 5.74) is 4.11. The minimum absolute atomic E-state index is 0.0305. The second-order valence-corrected chi connectivity index (χ2v) is 9.52. The van der Waals surface area contributed by atoms with Gasteiger partial charge in [0.25, 0.3) is 11.5 Å². The van der Waals surface area contributed by atoms with Gasteiger partial charge in [0.05, 0.1) is 12.2 Å². The van der Waals surface area contributed by atoms with Gasteiger partial charge in [0.2, 0.25) is 4.96 Å². The monoisotopic (exact) mass is 432 g/mol. The molecular formula is C24H24N4O2S. The SMILES string of the molecule is Cc1ccc(-c2nn3c(=O)cc(CNC(=O)c4ccc(C(C)(C)C)cc4)nc3s2)cc1. The van der Waals surface area contributed by atoms with E-state index in [-0.39, 0.29) is 23.4 Å². The van der Waals surface area contributed by atoms with Gasteiger partial charge in [0, 0.05) is 17.2 Å². The molecule has 0 radical (unpaired) electrons. The molecule has 31 heavy (non-hydrogen) atoms. The molecule has 158 valence electrons. The largest absolute Gasteiger partial charge is 0.346 e. The lowest BCUT2D eigenvalue weighted by Crippen LogP contribution is -2.25. The number of carbonyl (C=O) groups is 1. The Morgan fingerprint density at radius 2 is 1.74 bits per heavy atom. The summed E-state index contributed by atoms with van der Waals surface area (Å²) in [7, 11) is 0. The van der Waals surface area contributed by atoms with E-state index in [2.05, 4.69) is 36.2 Å². The van der Waals surface area contributed by atoms with Crippen molar-refractivity contribution < 1.29 is 4.79 Å². The third kappa shape index (κ3) is 4.56. The van der Waals surface area contributed by atoms with Crippen LogP contribution in [0.1, 0.15) is 48.0 Å². The maximum Gasteiger partial charge on any atom is 0.275 e. The lowest BCUT2D eigenvalue weighted by Gasteiger charge is -2.19. The maximum absolute atomic E-state index is 12.5. The van der Waals surface area contributed by atoms with Crippen molar-refractivity contribution in [1.82, 2.24) is 19.9 Å². The number of amides is 1. The normalized spacial score (nSPS) is 11.6. The first-order chi connectivity index (χ1) is 14.7. The Balaban J connectivity index is 1.51. The number of benzene rings is 2. The molecule has 0 aliphatic heterocycles. The van der Waals surface area contributed by atoms with Gasteiger partial charge in [-0.1, -0.05) is 74.1 Å². The molecule has 0 atom stereocenters. The average molecular weight is 433 g/mol. The Bertz CT molecular complexity index is 1300. The van der Waals surface area contributed by atoms with E-state index in [9.17, 15) is 9.59 Å². The number of nitrogens with one attached hydrogen (secondary N) is 1. The number of aromatic nitrogens is 3. The van der Waals surface area contributed by atoms with Gasteiger partial charge < -0.3 is 5.32 Å². The van der Waals surface area contributed by atoms with E-state index in [1.807, 2.05) is 55.5 Å². The summed E-state index contributed by atoms with van der Waals surface area (Å²) < 4.78 is 1.30. The summed E-state index contributed by atoms with van der Waals surface area (Å²) in [6.07, 6.45) is 0. The van der Waals surface area contributed by atoms with Crippen molar-refractivity contribution in [3.63, 3.8) is 0 Å². The molecular weight excluding hydrogens is 408 g/mol. The molecule has 4 aromatic rings. The topological polar surface area (TPSA) is 76.4 Å². The smallest absolute Gasteiger partial charge is 0.275 e. The van der Waals surface area contributed by atoms with E-state index < -0.39 is 0 Å². The van der Waals surface area contributed by atoms with Gasteiger partial charge in [-0.05, 0) is 30.0 Å². The van der Waals surface area contributed by atoms with Crippen LogP contribution in [-0.2, 0) is 12.0 Å². The predicted molar refractivity (Wildman–Crippen MR) is 124 cm³/mol. The number of nitrogens with zero attached hydrogens (tertiary/aromatic N) is 3. The zero-order valence-electron chi connectivity index (χ0n) is 18.0. The second kappa shape index (κ2) is 8.07. The van der Waals surface area contributed by atoms with E-state index >= 15 is 0 Å². The molecule has 0 spiro atoms. The van der Waals surface area contributed by atoms with Crippen LogP contribution in [0, 0.1) is 6.92 Å². The molecule has 0 saturated carbocycles. The van der Waals surface area contributed by atoms with Crippen LogP contribution in [0.2, 0.25) is 0 Å². The van der Waals surface area contributed by atoms with E-state index in [1.165, 1.54) is 27.5 Å². The number of hydrogen-bond donors (Lipinski definition) is 1. The molecule has 1 N–H and O–H groups in total. The summed E-state index contributed by atoms with van der Waals surface area (Å²) >= 11 is 1.35. The lowest BCUT2D eigenvalue weighted by molar-refractivity contribution is 0.0950. The number of rotatable bonds is 4. The van der Waals surface area contributed by atoms with Crippen molar-refractivity contribution in [2.75, 3.05) is 0 Å². The predicted octanol–water partition coefficient (Wildman–Crippen LogP) is 4.35. The van der Waals surface area contributed by atoms with E-state index in [1.54, 1.807) is 0 Å². The van der Waals surface area contributed by atoms with Gasteiger partial charge >= 0.3 is 0 Å². The lowest BCUT2D eigenvalue weighted by atomic mass is 9.87. The van der Waals surface area contributed by atoms with E-state index in [0.29, 0.717) is 16.2 Å². The minimum Gasteiger partial charge on any atom is -0.346 e. The molecule has 0 bridgehead atoms. The van der Waals surface area contributed by atoms with Crippen molar-refractivity contribution in [3.05, 3.63) is 87.3 Å². The van der Waals surface area contributed by atoms with Crippen LogP contribution in [0.4, 0.5) is 0 Å². The molecule has 4 rings (SSSR count). The molecule has 2 aromatic heterocycles. The summed E-state index contributed by atoms with van der Waals surface area (Å²) in [5, 5.41) is 7.97. The van der Waals surface area contributed by atoms with Crippen LogP contribution in [0.3, 0.4) is 0 Å². The molecule has 0 unspecified atom stereocenters. The highest BCUT2D eigenvalue weighted by molar-refractivity contribution is 7.19. The molecule has 2 aromatic carbocycles. The van der Waals surface area contributed by atoms with Gasteiger partial charge in [-0.15, -0.1) is 0 Å². The van der Waals surface area contributed by atoms with Crippen molar-refractivity contribution in [2.45, 2.75) is 39.7 Å². The molecule has 0 fully saturated rings. The fourth-order valence-corrected chi connectivity index (χ4v) is 4.08. The highest BCUT2D eigenvalue weighted by atomic mass is 32.1. The van der Waals surface area contributed by atoms with Crippen LogP contribution < -0.4 is 10.9 Å². The minimum atomic E-state index is -0.265. The Morgan fingerprint density at radius 3 is 2.39 bits per heavy atom. The standard InChI is InChI=1S/C24H24N4O2S/c1-15-5-7-17(8-6-15)22-27-28-20(29)13-19(26-23(28)31-22)14-25-21(30)16-9-11-18(12-10-16)24(2,3)4/h5-13H,14H2,1-4H3,(H,25,30). The van der Waals surface area contributed by atoms with Gasteiger partial charge in [0.1, 0.15) is 5.01 Å². The molecule has 0 saturated heterocycles. The number of fused-ring (bicyclic) bond motifs is 1. The maximum atomic E-state index is 12.5. The van der Waals surface area contributed by atoms with Gasteiger partial charge in [-0.3, -0.25) is 9.59 Å². The first kappa shape index (κ1) is 20.9. The van der Waals surface area contributed by atoms with Crippen molar-refractivity contribution in [2.24, 2.45) is 0 Å². The highest BCUT2D eigenvalue weighted by Gasteiger charge is 2.15. The van der Waals surface area contributed by atoms with Gasteiger partial charge in [0.15, 0.2) is 0 Å². The number of hydrogen-bond acceptors (Lipinski definition) is 5. The molecule has 0 aliphatic carbocycles. The van der Waals surface area contributed by atoms with Crippen LogP contribution >= 0.6 is 11.3 Å². The average Bonchev–Trinajstić information content (AvgIpc) is 3.17. The second-order valence-electron chi connectivity index (χ2n) is 8.56. The summed E-state index contributed by atoms with van der Waals surface area (Å²) in [6.45, 7) is 8.58. The van der Waals surface area contributed by atoms with Gasteiger partial charge in [-0.2, -0.15) is 9.61 Å². The van der Waals surface area contributed by atoms with Crippen LogP contribution in [0.15, 0.2) is 59.4 Å². The Labute approximate surface area is 184 Å². The van der Waals surface area contributed by atoms with Crippen molar-refractivity contribution in [3.8, 4) is 10.6 Å². The van der Waals surface area contributed by atoms with Crippen molar-refractivity contribution in [1.29, 1.82) is 0 Å². The molecule has 7 heteroatoms. The Hall–Kier alpha value is -3.32. The quantitative estimate of drug-likeness (QED) is 0.520. The molecule has 6 nitrogen and oxygen atoms in total. The molecule has 1 amide bonds. The zero-order chi connectivity index (χ0) is 22.2. The first-order valence-electron chi connectivity index (χ1n) is 10.1. The third-order valence-corrected chi connectivity index (χ3v) is 6.00. The number of aryl methyl sites for hydroxylation is 1. The van der Waals surface area contributed by atoms with Crippen LogP contribution in [-0.4, -0.2) is 20.5 Å². The Kier molecular flexibility index (Phi) is 5.45. The fraction of sp³-hybridized carbons (Fsp3) is 0.250. The zero-order valence-corrected chi connectivity index (χ0v) is 18.8. The molecule has 0 aliphatic rings. The van der Waals surface area contributed by atoms with Crippen molar-refractivity contribution >= 4 is 22.2 Å². The highest BCUT2D eigenvalue weighted by Crippen LogP contribution is 2.25. The summed E-state index contributed by atoms with van der Waals surface area (Å²) in [5.74, 6) is -0.202. The number of carbonyl (C=O) groups excluding carboxylic acids is 1. The Morgan fingerprint density at radius 1 is 1.06 bits per heavy atom.